The van der Waals surface area contributed by atoms with Gasteiger partial charge >= 0.3 is 0 Å². The summed E-state index contributed by atoms with van der Waals surface area (Å²) in [5, 5.41) is 0. The Kier molecular flexibility index (Phi) is 49.7. The fourth-order valence-electron chi connectivity index (χ4n) is 8.70. The Balaban J connectivity index is 5.37. The van der Waals surface area contributed by atoms with Crippen molar-refractivity contribution in [1.82, 2.24) is 0 Å². The van der Waals surface area contributed by atoms with Gasteiger partial charge in [-0.25, -0.2) is 0 Å². The molecule has 4 atom stereocenters. The third kappa shape index (κ3) is 45.7. The molecular formula is C55H111NO5. The molecule has 0 aromatic heterocycles. The quantitative estimate of drug-likeness (QED) is 0.0616. The maximum atomic E-state index is 11.8. The second-order valence-electron chi connectivity index (χ2n) is 19.0. The number of rotatable bonds is 53. The molecule has 0 heterocycles. The van der Waals surface area contributed by atoms with Gasteiger partial charge in [0.1, 0.15) is 0 Å². The number of hydrogen-bond acceptors (Lipinski definition) is 5. The number of primary amides is 1. The van der Waals surface area contributed by atoms with E-state index in [0.29, 0.717) is 18.9 Å². The van der Waals surface area contributed by atoms with Gasteiger partial charge in [-0.05, 0) is 77.0 Å². The molecule has 0 rings (SSSR count). The molecule has 0 aromatic rings. The van der Waals surface area contributed by atoms with Crippen LogP contribution in [0.1, 0.15) is 298 Å². The monoisotopic (exact) mass is 866 g/mol. The summed E-state index contributed by atoms with van der Waals surface area (Å²) in [6.45, 7) is 14.8. The van der Waals surface area contributed by atoms with Crippen LogP contribution in [0.4, 0.5) is 0 Å². The second-order valence-corrected chi connectivity index (χ2v) is 19.0. The van der Waals surface area contributed by atoms with Gasteiger partial charge < -0.3 is 24.7 Å². The zero-order chi connectivity index (χ0) is 44.5. The van der Waals surface area contributed by atoms with Gasteiger partial charge in [0.25, 0.3) is 0 Å². The summed E-state index contributed by atoms with van der Waals surface area (Å²) in [5.74, 6) is -0.230. The minimum atomic E-state index is -0.230. The van der Waals surface area contributed by atoms with Crippen molar-refractivity contribution >= 4 is 5.91 Å². The van der Waals surface area contributed by atoms with Crippen molar-refractivity contribution in [3.05, 3.63) is 0 Å². The number of nitrogens with two attached hydrogens (primary N) is 1. The first-order valence-electron chi connectivity index (χ1n) is 27.7. The first-order valence-corrected chi connectivity index (χ1v) is 27.7. The molecule has 0 aliphatic heterocycles. The Hall–Kier alpha value is -0.690. The number of unbranched alkanes of at least 4 members (excludes halogenated alkanes) is 28. The number of carbonyl (C=O) groups excluding carboxylic acids is 1. The average Bonchev–Trinajstić information content (AvgIpc) is 3.26. The van der Waals surface area contributed by atoms with Crippen molar-refractivity contribution in [2.45, 2.75) is 322 Å². The van der Waals surface area contributed by atoms with Gasteiger partial charge in [0.15, 0.2) is 0 Å². The van der Waals surface area contributed by atoms with Crippen LogP contribution in [0.3, 0.4) is 0 Å². The van der Waals surface area contributed by atoms with Crippen LogP contribution < -0.4 is 5.73 Å². The van der Waals surface area contributed by atoms with Gasteiger partial charge in [-0.15, -0.1) is 0 Å². The second kappa shape index (κ2) is 50.3. The lowest BCUT2D eigenvalue weighted by Crippen LogP contribution is -2.24. The lowest BCUT2D eigenvalue weighted by Gasteiger charge is -2.26. The van der Waals surface area contributed by atoms with Crippen LogP contribution in [0.5, 0.6) is 0 Å². The third-order valence-corrected chi connectivity index (χ3v) is 13.0. The normalized spacial score (nSPS) is 13.8. The van der Waals surface area contributed by atoms with E-state index in [2.05, 4.69) is 34.6 Å². The van der Waals surface area contributed by atoms with Crippen LogP contribution in [-0.2, 0) is 23.7 Å². The van der Waals surface area contributed by atoms with E-state index in [1.807, 2.05) is 0 Å². The predicted octanol–water partition coefficient (Wildman–Crippen LogP) is 17.1. The number of hydrogen-bond donors (Lipinski definition) is 1. The minimum absolute atomic E-state index is 0.0591. The zero-order valence-corrected chi connectivity index (χ0v) is 42.2. The molecule has 6 nitrogen and oxygen atoms in total. The largest absolute Gasteiger partial charge is 0.378 e. The topological polar surface area (TPSA) is 80.0 Å². The van der Waals surface area contributed by atoms with E-state index in [0.717, 1.165) is 90.6 Å². The molecule has 0 saturated carbocycles. The van der Waals surface area contributed by atoms with Crippen LogP contribution in [-0.4, -0.2) is 56.8 Å². The van der Waals surface area contributed by atoms with E-state index in [1.165, 1.54) is 186 Å². The van der Waals surface area contributed by atoms with E-state index in [1.54, 1.807) is 0 Å². The molecule has 0 aliphatic rings. The van der Waals surface area contributed by atoms with Crippen LogP contribution in [0, 0.1) is 0 Å². The number of carbonyl (C=O) groups is 1. The molecule has 0 aliphatic carbocycles. The van der Waals surface area contributed by atoms with E-state index in [9.17, 15) is 4.79 Å². The maximum Gasteiger partial charge on any atom is 0.217 e. The fraction of sp³-hybridized carbons (Fsp3) is 0.982. The summed E-state index contributed by atoms with van der Waals surface area (Å²) in [5.41, 5.74) is 5.64. The van der Waals surface area contributed by atoms with Gasteiger partial charge in [-0.3, -0.25) is 4.79 Å². The number of ether oxygens (including phenoxy) is 4. The molecule has 0 spiro atoms. The summed E-state index contributed by atoms with van der Waals surface area (Å²) in [7, 11) is 0. The zero-order valence-electron chi connectivity index (χ0n) is 42.2. The van der Waals surface area contributed by atoms with Gasteiger partial charge in [-0.2, -0.15) is 0 Å². The molecule has 0 bridgehead atoms. The Labute approximate surface area is 382 Å². The van der Waals surface area contributed by atoms with Crippen molar-refractivity contribution < 1.29 is 23.7 Å². The maximum absolute atomic E-state index is 11.8. The first-order chi connectivity index (χ1) is 30.0. The summed E-state index contributed by atoms with van der Waals surface area (Å²) in [4.78, 5) is 11.8. The van der Waals surface area contributed by atoms with E-state index in [-0.39, 0.29) is 24.2 Å². The molecule has 4 unspecified atom stereocenters. The van der Waals surface area contributed by atoms with Gasteiger partial charge in [0.2, 0.25) is 5.91 Å². The Morgan fingerprint density at radius 2 is 0.525 bits per heavy atom. The fourth-order valence-corrected chi connectivity index (χ4v) is 8.70. The van der Waals surface area contributed by atoms with Crippen LogP contribution in [0.2, 0.25) is 0 Å². The summed E-state index contributed by atoms with van der Waals surface area (Å²) >= 11 is 0. The third-order valence-electron chi connectivity index (χ3n) is 13.0. The van der Waals surface area contributed by atoms with Crippen molar-refractivity contribution in [1.29, 1.82) is 0 Å². The SMILES string of the molecule is CCCCCCCCCCOC(CC)CCC(CCC(CCC(CCC(N)=O)OCCCCCCCCCC)OCCCCCCCCCC)OCCCCCCCCCC. The van der Waals surface area contributed by atoms with Crippen molar-refractivity contribution in [2.75, 3.05) is 26.4 Å². The van der Waals surface area contributed by atoms with Gasteiger partial charge in [0, 0.05) is 32.8 Å². The molecule has 366 valence electrons. The molecular weight excluding hydrogens is 755 g/mol. The lowest BCUT2D eigenvalue weighted by atomic mass is 9.98. The Bertz CT molecular complexity index is 841. The van der Waals surface area contributed by atoms with Crippen LogP contribution in [0.15, 0.2) is 0 Å². The summed E-state index contributed by atoms with van der Waals surface area (Å²) in [6, 6.07) is 0. The predicted molar refractivity (Wildman–Crippen MR) is 266 cm³/mol. The molecule has 0 saturated heterocycles. The molecule has 1 amide bonds. The molecule has 0 aromatic carbocycles. The van der Waals surface area contributed by atoms with Gasteiger partial charge in [-0.1, -0.05) is 214 Å². The average molecular weight is 866 g/mol. The smallest absolute Gasteiger partial charge is 0.217 e. The van der Waals surface area contributed by atoms with Crippen molar-refractivity contribution in [3.8, 4) is 0 Å². The lowest BCUT2D eigenvalue weighted by molar-refractivity contribution is -0.118. The highest BCUT2D eigenvalue weighted by molar-refractivity contribution is 5.73. The summed E-state index contributed by atoms with van der Waals surface area (Å²) in [6.07, 6.45) is 51.0. The van der Waals surface area contributed by atoms with Crippen LogP contribution >= 0.6 is 0 Å². The number of amides is 1. The molecule has 61 heavy (non-hydrogen) atoms. The Morgan fingerprint density at radius 3 is 0.770 bits per heavy atom. The van der Waals surface area contributed by atoms with Gasteiger partial charge in [0.05, 0.1) is 24.4 Å². The molecule has 2 N–H and O–H groups in total. The highest BCUT2D eigenvalue weighted by atomic mass is 16.5. The Morgan fingerprint density at radius 1 is 0.311 bits per heavy atom. The van der Waals surface area contributed by atoms with Crippen molar-refractivity contribution in [3.63, 3.8) is 0 Å². The molecule has 6 heteroatoms. The van der Waals surface area contributed by atoms with Crippen molar-refractivity contribution in [2.24, 2.45) is 5.73 Å². The van der Waals surface area contributed by atoms with E-state index >= 15 is 0 Å². The highest BCUT2D eigenvalue weighted by Crippen LogP contribution is 2.23. The first kappa shape index (κ1) is 60.3. The highest BCUT2D eigenvalue weighted by Gasteiger charge is 2.20. The molecule has 0 fully saturated rings. The van der Waals surface area contributed by atoms with Crippen LogP contribution in [0.25, 0.3) is 0 Å². The van der Waals surface area contributed by atoms with E-state index < -0.39 is 0 Å². The van der Waals surface area contributed by atoms with E-state index in [4.69, 9.17) is 24.7 Å². The minimum Gasteiger partial charge on any atom is -0.378 e. The molecule has 0 radical (unpaired) electrons. The standard InChI is InChI=1S/C55H111NO5/c1-6-11-15-19-23-27-31-35-47-58-51(10-5)39-40-52(59-48-36-32-28-24-20-16-12-7-2)41-42-53(60-49-37-33-29-25-21-17-13-8-3)43-44-54(45-46-55(56)57)61-50-38-34-30-26-22-18-14-9-4/h51-54H,6-50H2,1-5H3,(H2,56,57). The summed E-state index contributed by atoms with van der Waals surface area (Å²) < 4.78 is 26.4.